The van der Waals surface area contributed by atoms with E-state index >= 15 is 0 Å². The van der Waals surface area contributed by atoms with Crippen LogP contribution in [-0.4, -0.2) is 74.7 Å². The molecule has 0 aromatic heterocycles. The molecule has 6 atom stereocenters. The summed E-state index contributed by atoms with van der Waals surface area (Å²) in [5.74, 6) is -2.53. The number of ether oxygens (including phenoxy) is 1. The zero-order valence-electron chi connectivity index (χ0n) is 21.0. The molecule has 0 spiro atoms. The van der Waals surface area contributed by atoms with E-state index in [4.69, 9.17) is 10.1 Å². The lowest BCUT2D eigenvalue weighted by atomic mass is 9.67. The third-order valence-electron chi connectivity index (χ3n) is 8.36. The van der Waals surface area contributed by atoms with Crippen LogP contribution < -0.4 is 5.32 Å². The first-order valence-corrected chi connectivity index (χ1v) is 12.6. The van der Waals surface area contributed by atoms with E-state index in [1.54, 1.807) is 26.1 Å². The SMILES string of the molecule is CNC1CC(CC2CC(O)(C(C)=N)Cc3c(O)c4c(c(O)c32)C(=O)c2ccccc2C4=O)OC(C)C1O. The second kappa shape index (κ2) is 9.02. The molecule has 1 heterocycles. The number of aromatic hydroxyl groups is 2. The normalized spacial score (nSPS) is 30.9. The van der Waals surface area contributed by atoms with E-state index in [0.717, 1.165) is 0 Å². The van der Waals surface area contributed by atoms with E-state index in [0.29, 0.717) is 18.4 Å². The molecule has 1 fully saturated rings. The number of ketones is 2. The van der Waals surface area contributed by atoms with Gasteiger partial charge in [0.15, 0.2) is 11.6 Å². The average Bonchev–Trinajstić information content (AvgIpc) is 2.86. The fourth-order valence-electron chi connectivity index (χ4n) is 6.31. The van der Waals surface area contributed by atoms with Gasteiger partial charge in [0.1, 0.15) is 17.1 Å². The van der Waals surface area contributed by atoms with Crippen LogP contribution in [0.2, 0.25) is 0 Å². The van der Waals surface area contributed by atoms with Crippen LogP contribution in [0.15, 0.2) is 24.3 Å². The quantitative estimate of drug-likeness (QED) is 0.231. The predicted molar refractivity (Wildman–Crippen MR) is 135 cm³/mol. The van der Waals surface area contributed by atoms with Gasteiger partial charge in [-0.1, -0.05) is 24.3 Å². The zero-order valence-corrected chi connectivity index (χ0v) is 21.0. The minimum absolute atomic E-state index is 0.00559. The maximum absolute atomic E-state index is 13.4. The largest absolute Gasteiger partial charge is 0.507 e. The number of aliphatic hydroxyl groups is 2. The number of phenols is 2. The van der Waals surface area contributed by atoms with Crippen LogP contribution in [0.5, 0.6) is 11.5 Å². The van der Waals surface area contributed by atoms with Gasteiger partial charge in [-0.3, -0.25) is 9.59 Å². The number of carbonyl (C=O) groups excluding carboxylic acids is 2. The molecule has 3 aliphatic rings. The van der Waals surface area contributed by atoms with Crippen molar-refractivity contribution in [3.05, 3.63) is 57.6 Å². The molecule has 196 valence electrons. The number of hydrogen-bond acceptors (Lipinski definition) is 9. The molecule has 0 saturated carbocycles. The Hall–Kier alpha value is -3.11. The molecule has 0 amide bonds. The van der Waals surface area contributed by atoms with Crippen molar-refractivity contribution in [3.63, 3.8) is 0 Å². The summed E-state index contributed by atoms with van der Waals surface area (Å²) in [6.07, 6.45) is -0.846. The van der Waals surface area contributed by atoms with Gasteiger partial charge in [0, 0.05) is 40.4 Å². The molecular formula is C28H32N2O7. The molecule has 2 aromatic rings. The minimum atomic E-state index is -1.61. The van der Waals surface area contributed by atoms with Crippen molar-refractivity contribution in [3.8, 4) is 11.5 Å². The summed E-state index contributed by atoms with van der Waals surface area (Å²) < 4.78 is 6.05. The third kappa shape index (κ3) is 3.88. The number of aliphatic hydroxyl groups excluding tert-OH is 1. The molecule has 37 heavy (non-hydrogen) atoms. The van der Waals surface area contributed by atoms with Crippen LogP contribution >= 0.6 is 0 Å². The number of hydrogen-bond donors (Lipinski definition) is 6. The molecule has 1 aliphatic heterocycles. The Balaban J connectivity index is 1.65. The summed E-state index contributed by atoms with van der Waals surface area (Å²) in [5, 5.41) is 56.1. The summed E-state index contributed by atoms with van der Waals surface area (Å²) in [6, 6.07) is 6.06. The van der Waals surface area contributed by atoms with E-state index in [1.165, 1.54) is 19.1 Å². The van der Waals surface area contributed by atoms with Crippen LogP contribution in [0.3, 0.4) is 0 Å². The van der Waals surface area contributed by atoms with Crippen molar-refractivity contribution < 1.29 is 34.8 Å². The molecule has 9 heteroatoms. The average molecular weight is 509 g/mol. The maximum Gasteiger partial charge on any atom is 0.198 e. The Kier molecular flexibility index (Phi) is 6.23. The van der Waals surface area contributed by atoms with Crippen molar-refractivity contribution in [1.29, 1.82) is 5.41 Å². The number of benzene rings is 2. The van der Waals surface area contributed by atoms with E-state index in [9.17, 15) is 30.0 Å². The van der Waals surface area contributed by atoms with Gasteiger partial charge in [0.05, 0.1) is 29.4 Å². The fourth-order valence-corrected chi connectivity index (χ4v) is 6.31. The summed E-state index contributed by atoms with van der Waals surface area (Å²) in [7, 11) is 1.76. The first-order chi connectivity index (χ1) is 17.5. The van der Waals surface area contributed by atoms with E-state index in [-0.39, 0.29) is 64.3 Å². The van der Waals surface area contributed by atoms with Crippen LogP contribution in [-0.2, 0) is 11.2 Å². The van der Waals surface area contributed by atoms with Crippen LogP contribution in [0.1, 0.15) is 82.0 Å². The van der Waals surface area contributed by atoms with E-state index < -0.39 is 41.0 Å². The van der Waals surface area contributed by atoms with Crippen molar-refractivity contribution in [2.75, 3.05) is 7.05 Å². The maximum atomic E-state index is 13.4. The summed E-state index contributed by atoms with van der Waals surface area (Å²) in [5.41, 5.74) is -1.37. The number of rotatable bonds is 4. The summed E-state index contributed by atoms with van der Waals surface area (Å²) in [4.78, 5) is 26.8. The first kappa shape index (κ1) is 25.5. The van der Waals surface area contributed by atoms with Crippen LogP contribution in [0.25, 0.3) is 0 Å². The molecule has 2 aliphatic carbocycles. The third-order valence-corrected chi connectivity index (χ3v) is 8.36. The fraction of sp³-hybridized carbons (Fsp3) is 0.464. The van der Waals surface area contributed by atoms with Gasteiger partial charge in [-0.25, -0.2) is 0 Å². The van der Waals surface area contributed by atoms with Gasteiger partial charge >= 0.3 is 0 Å². The predicted octanol–water partition coefficient (Wildman–Crippen LogP) is 2.19. The lowest BCUT2D eigenvalue weighted by Crippen LogP contribution is -2.53. The summed E-state index contributed by atoms with van der Waals surface area (Å²) in [6.45, 7) is 3.25. The topological polar surface area (TPSA) is 160 Å². The molecule has 2 aromatic carbocycles. The number of carbonyl (C=O) groups is 2. The van der Waals surface area contributed by atoms with E-state index in [1.807, 2.05) is 0 Å². The standard InChI is InChI=1S/C28H32N2O7/c1-12-23(31)19(30-3)9-15(37-12)8-14-10-28(36,13(2)29)11-18-20(14)27(35)22-21(26(18)34)24(32)16-6-4-5-7-17(16)25(22)33/h4-7,12,14-15,19,23,29-31,34-36H,8-11H2,1-3H3. The van der Waals surface area contributed by atoms with Crippen molar-refractivity contribution in [2.24, 2.45) is 0 Å². The highest BCUT2D eigenvalue weighted by Crippen LogP contribution is 2.52. The molecule has 6 unspecified atom stereocenters. The van der Waals surface area contributed by atoms with Crippen LogP contribution in [0.4, 0.5) is 0 Å². The lowest BCUT2D eigenvalue weighted by molar-refractivity contribution is -0.127. The summed E-state index contributed by atoms with van der Waals surface area (Å²) >= 11 is 0. The molecule has 0 bridgehead atoms. The molecule has 6 N–H and O–H groups in total. The smallest absolute Gasteiger partial charge is 0.198 e. The minimum Gasteiger partial charge on any atom is -0.507 e. The Bertz CT molecular complexity index is 1320. The first-order valence-electron chi connectivity index (χ1n) is 12.6. The highest BCUT2D eigenvalue weighted by atomic mass is 16.5. The van der Waals surface area contributed by atoms with Gasteiger partial charge in [-0.05, 0) is 46.1 Å². The van der Waals surface area contributed by atoms with Crippen molar-refractivity contribution in [1.82, 2.24) is 5.32 Å². The number of phenolic OH excluding ortho intramolecular Hbond substituents is 2. The lowest BCUT2D eigenvalue weighted by Gasteiger charge is -2.43. The molecule has 1 saturated heterocycles. The number of nitrogens with one attached hydrogen (secondary N) is 2. The van der Waals surface area contributed by atoms with Crippen molar-refractivity contribution >= 4 is 17.3 Å². The Labute approximate surface area is 214 Å². The Morgan fingerprint density at radius 1 is 1.14 bits per heavy atom. The number of fused-ring (bicyclic) bond motifs is 3. The highest BCUT2D eigenvalue weighted by molar-refractivity contribution is 6.30. The van der Waals surface area contributed by atoms with Crippen LogP contribution in [0, 0.1) is 5.41 Å². The molecule has 9 nitrogen and oxygen atoms in total. The number of likely N-dealkylation sites (N-methyl/N-ethyl adjacent to an activating group) is 1. The highest BCUT2D eigenvalue weighted by Gasteiger charge is 2.47. The van der Waals surface area contributed by atoms with Gasteiger partial charge in [0.2, 0.25) is 0 Å². The second-order valence-corrected chi connectivity index (χ2v) is 10.6. The van der Waals surface area contributed by atoms with Gasteiger partial charge in [-0.15, -0.1) is 0 Å². The van der Waals surface area contributed by atoms with E-state index in [2.05, 4.69) is 5.32 Å². The zero-order chi connectivity index (χ0) is 26.8. The van der Waals surface area contributed by atoms with Crippen molar-refractivity contribution in [2.45, 2.75) is 75.4 Å². The van der Waals surface area contributed by atoms with Gasteiger partial charge in [-0.2, -0.15) is 0 Å². The molecule has 5 rings (SSSR count). The Morgan fingerprint density at radius 2 is 1.73 bits per heavy atom. The second-order valence-electron chi connectivity index (χ2n) is 10.6. The molecule has 0 radical (unpaired) electrons. The monoisotopic (exact) mass is 508 g/mol. The van der Waals surface area contributed by atoms with Gasteiger partial charge < -0.3 is 35.9 Å². The molecular weight excluding hydrogens is 476 g/mol. The Morgan fingerprint density at radius 3 is 2.30 bits per heavy atom. The van der Waals surface area contributed by atoms with Gasteiger partial charge in [0.25, 0.3) is 0 Å².